The molecule has 1 aromatic rings. The quantitative estimate of drug-likeness (QED) is 0.896. The molecule has 132 valence electrons. The Hall–Kier alpha value is -1.85. The molecule has 6 nitrogen and oxygen atoms in total. The van der Waals surface area contributed by atoms with Crippen molar-refractivity contribution in [2.45, 2.75) is 65.0 Å². The van der Waals surface area contributed by atoms with Crippen LogP contribution in [0.15, 0.2) is 6.33 Å². The Balaban J connectivity index is 1.67. The smallest absolute Gasteiger partial charge is 0.271 e. The number of nitrogens with one attached hydrogen (secondary N) is 1. The first-order valence-electron chi connectivity index (χ1n) is 9.27. The average Bonchev–Trinajstić information content (AvgIpc) is 3.27. The van der Waals surface area contributed by atoms with Crippen molar-refractivity contribution in [3.05, 3.63) is 17.7 Å². The lowest BCUT2D eigenvalue weighted by molar-refractivity contribution is -0.135. The predicted molar refractivity (Wildman–Crippen MR) is 91.7 cm³/mol. The second-order valence-corrected chi connectivity index (χ2v) is 6.95. The van der Waals surface area contributed by atoms with Crippen LogP contribution in [0.1, 0.15) is 62.1 Å². The summed E-state index contributed by atoms with van der Waals surface area (Å²) < 4.78 is 2.00. The van der Waals surface area contributed by atoms with Gasteiger partial charge in [0.05, 0.1) is 17.9 Å². The maximum Gasteiger partial charge on any atom is 0.271 e. The molecule has 3 rings (SSSR count). The topological polar surface area (TPSA) is 67.2 Å². The van der Waals surface area contributed by atoms with Gasteiger partial charge in [-0.05, 0) is 38.5 Å². The molecule has 1 aromatic heterocycles. The summed E-state index contributed by atoms with van der Waals surface area (Å²) in [6.07, 6.45) is 7.36. The van der Waals surface area contributed by atoms with Gasteiger partial charge in [0.15, 0.2) is 0 Å². The van der Waals surface area contributed by atoms with E-state index in [0.717, 1.165) is 57.3 Å². The average molecular weight is 332 g/mol. The second-order valence-electron chi connectivity index (χ2n) is 6.95. The molecule has 0 aromatic carbocycles. The van der Waals surface area contributed by atoms with Crippen molar-refractivity contribution in [1.82, 2.24) is 19.8 Å². The van der Waals surface area contributed by atoms with Gasteiger partial charge in [-0.25, -0.2) is 4.98 Å². The van der Waals surface area contributed by atoms with Crippen molar-refractivity contribution in [3.8, 4) is 0 Å². The number of nitrogens with zero attached hydrogens (tertiary/aromatic N) is 3. The van der Waals surface area contributed by atoms with E-state index in [1.54, 1.807) is 6.33 Å². The summed E-state index contributed by atoms with van der Waals surface area (Å²) in [6.45, 7) is 6.59. The maximum atomic E-state index is 12.6. The fourth-order valence-corrected chi connectivity index (χ4v) is 3.80. The van der Waals surface area contributed by atoms with Crippen molar-refractivity contribution in [1.29, 1.82) is 0 Å². The summed E-state index contributed by atoms with van der Waals surface area (Å²) in [6, 6.07) is 0.197. The lowest BCUT2D eigenvalue weighted by Crippen LogP contribution is -2.38. The molecule has 2 aliphatic rings. The van der Waals surface area contributed by atoms with E-state index in [-0.39, 0.29) is 23.8 Å². The molecule has 2 aliphatic heterocycles. The van der Waals surface area contributed by atoms with E-state index < -0.39 is 0 Å². The number of carbonyl (C=O) groups excluding carboxylic acids is 2. The van der Waals surface area contributed by atoms with Gasteiger partial charge < -0.3 is 14.8 Å². The number of amides is 2. The first-order chi connectivity index (χ1) is 11.6. The number of aromatic nitrogens is 2. The number of likely N-dealkylation sites (tertiary alicyclic amines) is 1. The highest BCUT2D eigenvalue weighted by atomic mass is 16.2. The Morgan fingerprint density at radius 1 is 1.29 bits per heavy atom. The van der Waals surface area contributed by atoms with E-state index in [0.29, 0.717) is 12.2 Å². The van der Waals surface area contributed by atoms with Gasteiger partial charge in [0.25, 0.3) is 5.91 Å². The summed E-state index contributed by atoms with van der Waals surface area (Å²) >= 11 is 0. The SMILES string of the molecule is CCC(CC)NC(=O)c1ncn2c1CCC(C(=O)N1CCCC1)C2. The summed E-state index contributed by atoms with van der Waals surface area (Å²) in [5.74, 6) is 0.219. The highest BCUT2D eigenvalue weighted by Gasteiger charge is 2.32. The summed E-state index contributed by atoms with van der Waals surface area (Å²) in [5.41, 5.74) is 1.51. The normalized spacial score (nSPS) is 20.3. The van der Waals surface area contributed by atoms with Crippen molar-refractivity contribution >= 4 is 11.8 Å². The van der Waals surface area contributed by atoms with Crippen LogP contribution in [-0.4, -0.2) is 45.4 Å². The highest BCUT2D eigenvalue weighted by Crippen LogP contribution is 2.25. The Bertz CT molecular complexity index is 600. The van der Waals surface area contributed by atoms with Crippen LogP contribution in [0.5, 0.6) is 0 Å². The Morgan fingerprint density at radius 3 is 2.67 bits per heavy atom. The molecular weight excluding hydrogens is 304 g/mol. The Kier molecular flexibility index (Phi) is 5.21. The van der Waals surface area contributed by atoms with E-state index in [1.165, 1.54) is 0 Å². The second kappa shape index (κ2) is 7.36. The van der Waals surface area contributed by atoms with Crippen molar-refractivity contribution in [3.63, 3.8) is 0 Å². The van der Waals surface area contributed by atoms with Gasteiger partial charge in [0, 0.05) is 25.7 Å². The number of carbonyl (C=O) groups is 2. The number of imidazole rings is 1. The molecule has 0 bridgehead atoms. The van der Waals surface area contributed by atoms with E-state index in [4.69, 9.17) is 0 Å². The first kappa shape index (κ1) is 17.0. The zero-order valence-corrected chi connectivity index (χ0v) is 14.8. The van der Waals surface area contributed by atoms with Gasteiger partial charge in [-0.1, -0.05) is 13.8 Å². The monoisotopic (exact) mass is 332 g/mol. The zero-order chi connectivity index (χ0) is 17.1. The molecule has 1 fully saturated rings. The fourth-order valence-electron chi connectivity index (χ4n) is 3.80. The lowest BCUT2D eigenvalue weighted by atomic mass is 9.95. The van der Waals surface area contributed by atoms with Gasteiger partial charge in [-0.3, -0.25) is 9.59 Å². The molecule has 6 heteroatoms. The molecule has 0 saturated carbocycles. The summed E-state index contributed by atoms with van der Waals surface area (Å²) in [4.78, 5) is 31.4. The molecule has 1 saturated heterocycles. The van der Waals surface area contributed by atoms with Gasteiger partial charge >= 0.3 is 0 Å². The number of fused-ring (bicyclic) bond motifs is 1. The largest absolute Gasteiger partial charge is 0.348 e. The minimum Gasteiger partial charge on any atom is -0.348 e. The molecule has 3 heterocycles. The predicted octanol–water partition coefficient (Wildman–Crippen LogP) is 1.99. The van der Waals surface area contributed by atoms with Gasteiger partial charge in [0.2, 0.25) is 5.91 Å². The van der Waals surface area contributed by atoms with Crippen molar-refractivity contribution in [2.24, 2.45) is 5.92 Å². The third-order valence-electron chi connectivity index (χ3n) is 5.40. The van der Waals surface area contributed by atoms with Crippen LogP contribution >= 0.6 is 0 Å². The molecule has 1 N–H and O–H groups in total. The van der Waals surface area contributed by atoms with Crippen molar-refractivity contribution in [2.75, 3.05) is 13.1 Å². The molecule has 0 radical (unpaired) electrons. The van der Waals surface area contributed by atoms with Crippen LogP contribution in [-0.2, 0) is 17.8 Å². The standard InChI is InChI=1S/C18H28N4O2/c1-3-14(4-2)20-17(23)16-15-8-7-13(11-22(15)12-19-16)18(24)21-9-5-6-10-21/h12-14H,3-11H2,1-2H3,(H,20,23). The van der Waals surface area contributed by atoms with E-state index in [9.17, 15) is 9.59 Å². The number of hydrogen-bond acceptors (Lipinski definition) is 3. The minimum atomic E-state index is -0.0817. The van der Waals surface area contributed by atoms with Gasteiger partial charge in [-0.2, -0.15) is 0 Å². The fraction of sp³-hybridized carbons (Fsp3) is 0.722. The molecule has 24 heavy (non-hydrogen) atoms. The third-order valence-corrected chi connectivity index (χ3v) is 5.40. The maximum absolute atomic E-state index is 12.6. The van der Waals surface area contributed by atoms with E-state index in [2.05, 4.69) is 24.1 Å². The molecule has 0 spiro atoms. The van der Waals surface area contributed by atoms with E-state index in [1.807, 2.05) is 9.47 Å². The van der Waals surface area contributed by atoms with Gasteiger partial charge in [0.1, 0.15) is 5.69 Å². The van der Waals surface area contributed by atoms with Crippen LogP contribution in [0.3, 0.4) is 0 Å². The zero-order valence-electron chi connectivity index (χ0n) is 14.8. The van der Waals surface area contributed by atoms with Crippen LogP contribution in [0.4, 0.5) is 0 Å². The lowest BCUT2D eigenvalue weighted by Gasteiger charge is -2.27. The highest BCUT2D eigenvalue weighted by molar-refractivity contribution is 5.93. The minimum absolute atomic E-state index is 0.0275. The van der Waals surface area contributed by atoms with E-state index >= 15 is 0 Å². The van der Waals surface area contributed by atoms with Crippen LogP contribution in [0.25, 0.3) is 0 Å². The summed E-state index contributed by atoms with van der Waals surface area (Å²) in [7, 11) is 0. The molecule has 1 atom stereocenters. The Morgan fingerprint density at radius 2 is 2.00 bits per heavy atom. The van der Waals surface area contributed by atoms with Crippen molar-refractivity contribution < 1.29 is 9.59 Å². The number of rotatable bonds is 5. The Labute approximate surface area is 143 Å². The first-order valence-corrected chi connectivity index (χ1v) is 9.27. The van der Waals surface area contributed by atoms with Crippen LogP contribution < -0.4 is 5.32 Å². The van der Waals surface area contributed by atoms with Crippen LogP contribution in [0.2, 0.25) is 0 Å². The molecule has 2 amide bonds. The van der Waals surface area contributed by atoms with Gasteiger partial charge in [-0.15, -0.1) is 0 Å². The summed E-state index contributed by atoms with van der Waals surface area (Å²) in [5, 5.41) is 3.06. The van der Waals surface area contributed by atoms with Crippen LogP contribution in [0, 0.1) is 5.92 Å². The molecule has 1 unspecified atom stereocenters. The molecular formula is C18H28N4O2. The third kappa shape index (κ3) is 3.32. The number of hydrogen-bond donors (Lipinski definition) is 1. The molecule has 0 aliphatic carbocycles.